The van der Waals surface area contributed by atoms with Gasteiger partial charge in [-0.05, 0) is 45.1 Å². The van der Waals surface area contributed by atoms with Crippen molar-refractivity contribution in [1.29, 1.82) is 0 Å². The molecule has 3 unspecified atom stereocenters. The minimum absolute atomic E-state index is 0.0463. The van der Waals surface area contributed by atoms with Crippen LogP contribution in [0, 0.1) is 17.8 Å². The van der Waals surface area contributed by atoms with Gasteiger partial charge in [-0.1, -0.05) is 13.8 Å². The van der Waals surface area contributed by atoms with E-state index in [9.17, 15) is 4.79 Å². The summed E-state index contributed by atoms with van der Waals surface area (Å²) in [6.07, 6.45) is 2.30. The third-order valence-electron chi connectivity index (χ3n) is 4.85. The minimum atomic E-state index is 0.0463. The third-order valence-corrected chi connectivity index (χ3v) is 4.85. The van der Waals surface area contributed by atoms with Crippen LogP contribution in [0.3, 0.4) is 0 Å². The zero-order valence-electron chi connectivity index (χ0n) is 13.5. The summed E-state index contributed by atoms with van der Waals surface area (Å²) in [5.41, 5.74) is 0.0463. The molecule has 2 heterocycles. The molecule has 1 amide bonds. The predicted octanol–water partition coefficient (Wildman–Crippen LogP) is 1.47. The first-order valence-electron chi connectivity index (χ1n) is 8.12. The standard InChI is InChI=1S/C16H31N3O/c1-12-7-13(2)10-19(9-12)16(3,4)11-18-15(20)14-5-6-17-8-14/h12-14,17H,5-11H2,1-4H3,(H,18,20). The van der Waals surface area contributed by atoms with Crippen LogP contribution >= 0.6 is 0 Å². The van der Waals surface area contributed by atoms with Gasteiger partial charge in [0.25, 0.3) is 0 Å². The molecule has 0 aromatic rings. The fourth-order valence-electron chi connectivity index (χ4n) is 3.60. The highest BCUT2D eigenvalue weighted by Crippen LogP contribution is 2.26. The van der Waals surface area contributed by atoms with E-state index in [1.54, 1.807) is 0 Å². The van der Waals surface area contributed by atoms with Gasteiger partial charge in [0.15, 0.2) is 0 Å². The second kappa shape index (κ2) is 6.44. The molecule has 0 saturated carbocycles. The number of rotatable bonds is 4. The molecule has 2 aliphatic heterocycles. The molecule has 4 heteroatoms. The first-order valence-corrected chi connectivity index (χ1v) is 8.12. The van der Waals surface area contributed by atoms with Gasteiger partial charge in [0.05, 0.1) is 5.92 Å². The van der Waals surface area contributed by atoms with E-state index >= 15 is 0 Å². The summed E-state index contributed by atoms with van der Waals surface area (Å²) < 4.78 is 0. The Morgan fingerprint density at radius 1 is 1.30 bits per heavy atom. The molecule has 0 aliphatic carbocycles. The number of nitrogens with one attached hydrogen (secondary N) is 2. The average Bonchev–Trinajstić information content (AvgIpc) is 2.88. The Bertz CT molecular complexity index is 327. The van der Waals surface area contributed by atoms with Crippen LogP contribution in [0.25, 0.3) is 0 Å². The van der Waals surface area contributed by atoms with Crippen molar-refractivity contribution in [2.75, 3.05) is 32.7 Å². The number of nitrogens with zero attached hydrogens (tertiary/aromatic N) is 1. The predicted molar refractivity (Wildman–Crippen MR) is 82.6 cm³/mol. The summed E-state index contributed by atoms with van der Waals surface area (Å²) in [7, 11) is 0. The Hall–Kier alpha value is -0.610. The maximum Gasteiger partial charge on any atom is 0.224 e. The molecular weight excluding hydrogens is 250 g/mol. The van der Waals surface area contributed by atoms with Crippen molar-refractivity contribution >= 4 is 5.91 Å². The number of piperidine rings is 1. The van der Waals surface area contributed by atoms with Crippen LogP contribution in [-0.4, -0.2) is 49.1 Å². The van der Waals surface area contributed by atoms with Crippen LogP contribution in [0.15, 0.2) is 0 Å². The van der Waals surface area contributed by atoms with Gasteiger partial charge < -0.3 is 10.6 Å². The largest absolute Gasteiger partial charge is 0.354 e. The minimum Gasteiger partial charge on any atom is -0.354 e. The first-order chi connectivity index (χ1) is 9.38. The molecule has 2 N–H and O–H groups in total. The molecule has 2 saturated heterocycles. The maximum absolute atomic E-state index is 12.1. The van der Waals surface area contributed by atoms with Crippen LogP contribution in [0.5, 0.6) is 0 Å². The average molecular weight is 281 g/mol. The normalized spacial score (nSPS) is 32.3. The zero-order valence-corrected chi connectivity index (χ0v) is 13.5. The van der Waals surface area contributed by atoms with Gasteiger partial charge in [-0.2, -0.15) is 0 Å². The number of hydrogen-bond acceptors (Lipinski definition) is 3. The topological polar surface area (TPSA) is 44.4 Å². The van der Waals surface area contributed by atoms with Crippen LogP contribution in [0.2, 0.25) is 0 Å². The smallest absolute Gasteiger partial charge is 0.224 e. The molecule has 2 rings (SSSR count). The molecule has 0 spiro atoms. The fraction of sp³-hybridized carbons (Fsp3) is 0.938. The fourth-order valence-corrected chi connectivity index (χ4v) is 3.60. The van der Waals surface area contributed by atoms with Gasteiger partial charge in [0.1, 0.15) is 0 Å². The van der Waals surface area contributed by atoms with E-state index < -0.39 is 0 Å². The Kier molecular flexibility index (Phi) is 5.08. The first kappa shape index (κ1) is 15.8. The highest BCUT2D eigenvalue weighted by molar-refractivity contribution is 5.79. The summed E-state index contributed by atoms with van der Waals surface area (Å²) in [5, 5.41) is 6.43. The maximum atomic E-state index is 12.1. The molecule has 2 fully saturated rings. The number of carbonyl (C=O) groups excluding carboxylic acids is 1. The van der Waals surface area contributed by atoms with Crippen molar-refractivity contribution in [3.63, 3.8) is 0 Å². The van der Waals surface area contributed by atoms with E-state index in [0.29, 0.717) is 0 Å². The lowest BCUT2D eigenvalue weighted by atomic mass is 9.88. The Labute approximate surface area is 123 Å². The van der Waals surface area contributed by atoms with E-state index in [1.807, 2.05) is 0 Å². The highest BCUT2D eigenvalue weighted by atomic mass is 16.1. The lowest BCUT2D eigenvalue weighted by molar-refractivity contribution is -0.125. The van der Waals surface area contributed by atoms with Crippen molar-refractivity contribution in [3.05, 3.63) is 0 Å². The summed E-state index contributed by atoms with van der Waals surface area (Å²) >= 11 is 0. The Balaban J connectivity index is 1.84. The lowest BCUT2D eigenvalue weighted by Crippen LogP contribution is -2.56. The Morgan fingerprint density at radius 2 is 1.95 bits per heavy atom. The van der Waals surface area contributed by atoms with Crippen molar-refractivity contribution in [3.8, 4) is 0 Å². The second-order valence-corrected chi connectivity index (χ2v) is 7.57. The van der Waals surface area contributed by atoms with E-state index in [-0.39, 0.29) is 17.4 Å². The van der Waals surface area contributed by atoms with Crippen LogP contribution in [0.4, 0.5) is 0 Å². The Morgan fingerprint density at radius 3 is 2.50 bits per heavy atom. The van der Waals surface area contributed by atoms with E-state index in [1.165, 1.54) is 6.42 Å². The van der Waals surface area contributed by atoms with Gasteiger partial charge in [0.2, 0.25) is 5.91 Å². The molecule has 0 aromatic carbocycles. The van der Waals surface area contributed by atoms with E-state index in [0.717, 1.165) is 51.0 Å². The van der Waals surface area contributed by atoms with E-state index in [2.05, 4.69) is 43.2 Å². The molecule has 0 radical (unpaired) electrons. The molecule has 3 atom stereocenters. The third kappa shape index (κ3) is 3.95. The molecule has 0 bridgehead atoms. The number of carbonyl (C=O) groups is 1. The quantitative estimate of drug-likeness (QED) is 0.820. The number of likely N-dealkylation sites (tertiary alicyclic amines) is 1. The molecular formula is C16H31N3O. The zero-order chi connectivity index (χ0) is 14.8. The van der Waals surface area contributed by atoms with Crippen molar-refractivity contribution in [2.24, 2.45) is 17.8 Å². The highest BCUT2D eigenvalue weighted by Gasteiger charge is 2.33. The van der Waals surface area contributed by atoms with Crippen molar-refractivity contribution in [1.82, 2.24) is 15.5 Å². The van der Waals surface area contributed by atoms with Gasteiger partial charge in [-0.15, -0.1) is 0 Å². The lowest BCUT2D eigenvalue weighted by Gasteiger charge is -2.45. The van der Waals surface area contributed by atoms with Gasteiger partial charge in [-0.3, -0.25) is 9.69 Å². The molecule has 2 aliphatic rings. The monoisotopic (exact) mass is 281 g/mol. The summed E-state index contributed by atoms with van der Waals surface area (Å²) in [6.45, 7) is 14.0. The SMILES string of the molecule is CC1CC(C)CN(C(C)(C)CNC(=O)C2CCNC2)C1. The van der Waals surface area contributed by atoms with Crippen molar-refractivity contribution < 1.29 is 4.79 Å². The van der Waals surface area contributed by atoms with Crippen LogP contribution in [-0.2, 0) is 4.79 Å². The van der Waals surface area contributed by atoms with Crippen LogP contribution < -0.4 is 10.6 Å². The molecule has 20 heavy (non-hydrogen) atoms. The number of hydrogen-bond donors (Lipinski definition) is 2. The van der Waals surface area contributed by atoms with Gasteiger partial charge in [0, 0.05) is 31.7 Å². The van der Waals surface area contributed by atoms with Crippen molar-refractivity contribution in [2.45, 2.75) is 46.1 Å². The summed E-state index contributed by atoms with van der Waals surface area (Å²) in [6, 6.07) is 0. The van der Waals surface area contributed by atoms with Gasteiger partial charge >= 0.3 is 0 Å². The molecule has 116 valence electrons. The number of amides is 1. The molecule has 0 aromatic heterocycles. The van der Waals surface area contributed by atoms with E-state index in [4.69, 9.17) is 0 Å². The summed E-state index contributed by atoms with van der Waals surface area (Å²) in [5.74, 6) is 1.91. The summed E-state index contributed by atoms with van der Waals surface area (Å²) in [4.78, 5) is 14.7. The molecule has 4 nitrogen and oxygen atoms in total. The second-order valence-electron chi connectivity index (χ2n) is 7.57. The van der Waals surface area contributed by atoms with Crippen LogP contribution in [0.1, 0.15) is 40.5 Å². The van der Waals surface area contributed by atoms with Gasteiger partial charge in [-0.25, -0.2) is 0 Å².